The van der Waals surface area contributed by atoms with Gasteiger partial charge in [-0.3, -0.25) is 9.59 Å². The first kappa shape index (κ1) is 101. The smallest absolute Gasteiger partial charge is 0.317 e. The van der Waals surface area contributed by atoms with Crippen molar-refractivity contribution < 1.29 is 227 Å². The lowest BCUT2D eigenvalue weighted by Gasteiger charge is -2.71. The van der Waals surface area contributed by atoms with E-state index < -0.39 is 366 Å². The maximum atomic E-state index is 16.7. The van der Waals surface area contributed by atoms with Gasteiger partial charge in [0.25, 0.3) is 0 Å². The van der Waals surface area contributed by atoms with E-state index in [1.807, 2.05) is 20.8 Å². The Hall–Kier alpha value is -3.74. The second-order valence-corrected chi connectivity index (χ2v) is 39.4. The molecule has 129 heavy (non-hydrogen) atoms. The highest BCUT2D eigenvalue weighted by molar-refractivity contribution is 5.80. The molecule has 0 amide bonds. The Kier molecular flexibility index (Phi) is 30.2. The molecule has 51 atom stereocenters. The summed E-state index contributed by atoms with van der Waals surface area (Å²) in [6.07, 6.45) is -76.3. The summed E-state index contributed by atoms with van der Waals surface area (Å²) in [5.41, 5.74) is -8.06. The number of hydrogen-bond acceptors (Lipinski definition) is 46. The third-order valence-electron chi connectivity index (χ3n) is 31.0. The van der Waals surface area contributed by atoms with Gasteiger partial charge < -0.3 is 217 Å². The van der Waals surface area contributed by atoms with E-state index in [0.29, 0.717) is 19.3 Å². The molecule has 0 bridgehead atoms. The molecule has 9 saturated heterocycles. The normalized spacial score (nSPS) is 54.1. The zero-order valence-electron chi connectivity index (χ0n) is 72.9. The number of aldehydes is 1. The van der Waals surface area contributed by atoms with Crippen molar-refractivity contribution >= 4 is 24.2 Å². The summed E-state index contributed by atoms with van der Waals surface area (Å²) >= 11 is 0. The molecule has 46 heteroatoms. The largest absolute Gasteiger partial charge is 0.547 e. The zero-order valence-corrected chi connectivity index (χ0v) is 72.9. The SMILES string of the molecule is CC(=O)O[C@@H]1[C@H](O[C@@H]2O[C@@H](C)[C@H](O)[C@@H](O)[C@H]2O)[C@@H](O[C@@H]2O[C@@H](C)[C@H](O[C@@H]3OC[C@@H](O)[C@H](O[C@@H]4OC[C@](O)(CO)[C@H]4O)[C@H]3O)[C@@H](O[C@@H]3O[C@H](CO)[C@@H](O)[C@H](O)[C@H]3O)[C@H]2O)[C@H](OC(=O)[C@]23CCC(C)(C)C[C@H]2C2=CC[C@@H]4[C@@]5(C)CC[C@H](O[C@@H]6O[C@H](C(=O)[O-])[C@@H](O)[C@H](O[C@@H]7OC[C@@H](O)[C@H](O)[C@H]7O)[C@H]6O[C@@H]6O[C@H](CO)[C@H](O)[C@H](O)[C@H]6O)[C@@](C)(C=O)[C@@H]5CC[C@@]4(C)[C@]2(C)C[C@H]3O)O[C@@H]1C. The Balaban J connectivity index is 0.780. The second kappa shape index (κ2) is 38.6. The summed E-state index contributed by atoms with van der Waals surface area (Å²) in [5.74, 6) is -5.88. The van der Waals surface area contributed by atoms with Crippen LogP contribution < -0.4 is 5.11 Å². The molecule has 0 aromatic heterocycles. The van der Waals surface area contributed by atoms with Gasteiger partial charge in [-0.1, -0.05) is 53.2 Å². The van der Waals surface area contributed by atoms with E-state index in [0.717, 1.165) is 18.8 Å². The van der Waals surface area contributed by atoms with Gasteiger partial charge in [0.05, 0.1) is 81.5 Å². The van der Waals surface area contributed by atoms with E-state index in [1.54, 1.807) is 6.92 Å². The van der Waals surface area contributed by atoms with Crippen LogP contribution in [0, 0.1) is 50.2 Å². The number of aliphatic carboxylic acids is 1. The van der Waals surface area contributed by atoms with E-state index >= 15 is 4.79 Å². The number of carboxylic acid groups (broad SMARTS) is 1. The first-order valence-electron chi connectivity index (χ1n) is 44.1. The van der Waals surface area contributed by atoms with E-state index in [9.17, 15) is 132 Å². The van der Waals surface area contributed by atoms with Crippen LogP contribution in [0.1, 0.15) is 127 Å². The standard InChI is InChI=1S/C83H130O46/c1-28-42(92)46(96)50(100)69(114-28)126-62-57(117-31(4)88)30(3)116-73(64(62)128-72-55(105)60(124-70-51(101)47(97)44(94)36(21-84)118-70)56(29(2)115-72)121-68-54(104)58(35(90)24-112-68)122-75-65(106)82(110,26-87)27-113-75)129-76(109)83-18-17-77(5,6)19-33(83)32-11-12-39-78(7)15-14-41(79(8,25-86)38(78)13-16-80(39,9)81(32,10)20-40(83)91)120-74-63(127-71-52(102)48(98)45(95)37(22-85)119-71)59(53(103)61(125-74)66(107)108)123-67-49(99)43(93)34(89)23-111-67/h11,25,28-30,33-65,67-75,84-85,87,89-106,110H,12-24,26-27H2,1-10H3,(H,107,108)/p-1/t28-,29-,30+,33-,34+,35+,36+,37+,38+,39+,40+,41-,42-,43-,44+,45-,46+,47-,48-,49+,50+,51+,52+,53-,54+,55+,56-,57-,58-,59-,60-,61-,62-,63+,64+,65-,67-,68-,69-,70-,71-,72-,73-,74+,75-,78-,79-,80+,81+,82+,83+/m0/s1. The fourth-order valence-corrected chi connectivity index (χ4v) is 23.2. The molecule has 0 unspecified atom stereocenters. The minimum Gasteiger partial charge on any atom is -0.547 e. The molecule has 0 radical (unpaired) electrons. The molecule has 14 rings (SSSR count). The third-order valence-corrected chi connectivity index (χ3v) is 31.0. The van der Waals surface area contributed by atoms with E-state index in [2.05, 4.69) is 19.9 Å². The Labute approximate surface area is 740 Å². The van der Waals surface area contributed by atoms with Gasteiger partial charge in [0.15, 0.2) is 62.5 Å². The van der Waals surface area contributed by atoms with Crippen molar-refractivity contribution in [2.45, 2.75) is 391 Å². The number of carboxylic acids is 1. The minimum atomic E-state index is -2.36. The fourth-order valence-electron chi connectivity index (χ4n) is 23.2. The van der Waals surface area contributed by atoms with E-state index in [-0.39, 0.29) is 44.4 Å². The minimum absolute atomic E-state index is 0.00733. The van der Waals surface area contributed by atoms with Gasteiger partial charge in [0.2, 0.25) is 6.29 Å². The van der Waals surface area contributed by atoms with Crippen LogP contribution in [0.15, 0.2) is 11.6 Å². The Bertz CT molecular complexity index is 3890. The van der Waals surface area contributed by atoms with Crippen LogP contribution in [0.2, 0.25) is 0 Å². The summed E-state index contributed by atoms with van der Waals surface area (Å²) in [4.78, 5) is 57.6. The summed E-state index contributed by atoms with van der Waals surface area (Å²) in [6, 6.07) is 0. The predicted molar refractivity (Wildman–Crippen MR) is 413 cm³/mol. The van der Waals surface area contributed by atoms with Crippen LogP contribution in [0.5, 0.6) is 0 Å². The Morgan fingerprint density at radius 3 is 1.56 bits per heavy atom. The van der Waals surface area contributed by atoms with Crippen LogP contribution in [-0.4, -0.2) is 440 Å². The van der Waals surface area contributed by atoms with Gasteiger partial charge in [-0.05, 0) is 118 Å². The van der Waals surface area contributed by atoms with Crippen molar-refractivity contribution in [3.63, 3.8) is 0 Å². The quantitative estimate of drug-likeness (QED) is 0.0185. The van der Waals surface area contributed by atoms with Crippen molar-refractivity contribution in [3.05, 3.63) is 11.6 Å². The first-order chi connectivity index (χ1) is 60.5. The van der Waals surface area contributed by atoms with Gasteiger partial charge in [0.1, 0.15) is 176 Å². The molecular weight excluding hydrogens is 1730 g/mol. The van der Waals surface area contributed by atoms with Crippen LogP contribution in [-0.2, 0) is 109 Å². The molecule has 4 saturated carbocycles. The van der Waals surface area contributed by atoms with Gasteiger partial charge >= 0.3 is 11.9 Å². The lowest BCUT2D eigenvalue weighted by Crippen LogP contribution is -2.70. The Morgan fingerprint density at radius 1 is 0.465 bits per heavy atom. The van der Waals surface area contributed by atoms with Gasteiger partial charge in [0, 0.05) is 6.92 Å². The van der Waals surface area contributed by atoms with Crippen molar-refractivity contribution in [2.24, 2.45) is 50.2 Å². The van der Waals surface area contributed by atoms with Crippen LogP contribution in [0.25, 0.3) is 0 Å². The zero-order chi connectivity index (χ0) is 94.2. The molecule has 0 aromatic carbocycles. The monoisotopic (exact) mass is 1860 g/mol. The topological polar surface area (TPSA) is 712 Å². The summed E-state index contributed by atoms with van der Waals surface area (Å²) in [6.45, 7) is 12.0. The van der Waals surface area contributed by atoms with Crippen molar-refractivity contribution in [3.8, 4) is 0 Å². The van der Waals surface area contributed by atoms with Gasteiger partial charge in [-0.25, -0.2) is 0 Å². The highest BCUT2D eigenvalue weighted by Gasteiger charge is 2.74. The fraction of sp³-hybridized carbons (Fsp3) is 0.928. The highest BCUT2D eigenvalue weighted by Crippen LogP contribution is 2.76. The number of rotatable bonds is 24. The summed E-state index contributed by atoms with van der Waals surface area (Å²) in [7, 11) is 0. The number of carbonyl (C=O) groups excluding carboxylic acids is 4. The van der Waals surface area contributed by atoms with Crippen LogP contribution in [0.4, 0.5) is 0 Å². The number of aliphatic hydroxyl groups excluding tert-OH is 21. The number of hydrogen-bond donors (Lipinski definition) is 22. The number of ether oxygens (including phenoxy) is 19. The van der Waals surface area contributed by atoms with E-state index in [4.69, 9.17) is 90.0 Å². The third kappa shape index (κ3) is 18.0. The lowest BCUT2D eigenvalue weighted by atomic mass is 9.33. The van der Waals surface area contributed by atoms with Crippen LogP contribution in [0.3, 0.4) is 0 Å². The number of allylic oxidation sites excluding steroid dienone is 2. The summed E-state index contributed by atoms with van der Waals surface area (Å²) in [5, 5.41) is 259. The number of esters is 2. The second-order valence-electron chi connectivity index (χ2n) is 39.4. The van der Waals surface area contributed by atoms with Crippen molar-refractivity contribution in [1.29, 1.82) is 0 Å². The Morgan fingerprint density at radius 2 is 0.969 bits per heavy atom. The molecule has 738 valence electrons. The van der Waals surface area contributed by atoms with Gasteiger partial charge in [-0.15, -0.1) is 0 Å². The molecule has 9 heterocycles. The van der Waals surface area contributed by atoms with Crippen molar-refractivity contribution in [1.82, 2.24) is 0 Å². The molecule has 9 aliphatic heterocycles. The molecule has 5 aliphatic carbocycles. The number of carbonyl (C=O) groups is 4. The average molecular weight is 1860 g/mol. The van der Waals surface area contributed by atoms with Crippen LogP contribution >= 0.6 is 0 Å². The molecule has 0 spiro atoms. The lowest BCUT2D eigenvalue weighted by molar-refractivity contribution is -0.404. The number of aliphatic hydroxyl groups is 22. The predicted octanol–water partition coefficient (Wildman–Crippen LogP) is -10.4. The first-order valence-corrected chi connectivity index (χ1v) is 44.1. The number of fused-ring (bicyclic) bond motifs is 7. The average Bonchev–Trinajstić information content (AvgIpc) is 1.14. The van der Waals surface area contributed by atoms with Crippen molar-refractivity contribution in [2.75, 3.05) is 39.6 Å². The molecule has 22 N–H and O–H groups in total. The molecule has 0 aromatic rings. The molecule has 14 aliphatic rings. The maximum Gasteiger partial charge on any atom is 0.317 e. The molecular formula is C83H129O46-. The van der Waals surface area contributed by atoms with E-state index in [1.165, 1.54) is 20.8 Å². The summed E-state index contributed by atoms with van der Waals surface area (Å²) < 4.78 is 117. The molecule has 13 fully saturated rings. The van der Waals surface area contributed by atoms with Gasteiger partial charge in [-0.2, -0.15) is 0 Å². The maximum absolute atomic E-state index is 16.7. The molecule has 46 nitrogen and oxygen atoms in total. The highest BCUT2D eigenvalue weighted by atomic mass is 16.8.